The Morgan fingerprint density at radius 3 is 2.39 bits per heavy atom. The zero-order valence-electron chi connectivity index (χ0n) is 40.1. The van der Waals surface area contributed by atoms with Crippen molar-refractivity contribution in [2.45, 2.75) is 112 Å². The number of nitrogens with one attached hydrogen (secondary N) is 1. The van der Waals surface area contributed by atoms with E-state index in [1.54, 1.807) is 6.07 Å². The maximum Gasteiger partial charge on any atom is 0.336 e. The Hall–Kier alpha value is -5.21. The average molecular weight is 987 g/mol. The van der Waals surface area contributed by atoms with Crippen molar-refractivity contribution in [2.24, 2.45) is 29.4 Å². The molecule has 2 saturated carbocycles. The summed E-state index contributed by atoms with van der Waals surface area (Å²) in [7, 11) is 0. The third-order valence-corrected chi connectivity index (χ3v) is 15.2. The summed E-state index contributed by atoms with van der Waals surface area (Å²) in [6, 6.07) is 16.6. The molecule has 10 unspecified atom stereocenters. The molecule has 17 nitrogen and oxygen atoms in total. The van der Waals surface area contributed by atoms with Crippen LogP contribution in [0.5, 0.6) is 23.0 Å². The highest BCUT2D eigenvalue weighted by Gasteiger charge is 2.73. The molecular weight excluding hydrogens is 917 g/mol. The number of ether oxygens (including phenoxy) is 4. The summed E-state index contributed by atoms with van der Waals surface area (Å²) in [4.78, 5) is 43.1. The van der Waals surface area contributed by atoms with Crippen molar-refractivity contribution in [3.63, 3.8) is 0 Å². The van der Waals surface area contributed by atoms with Crippen LogP contribution < -0.4 is 15.8 Å². The van der Waals surface area contributed by atoms with Crippen LogP contribution in [-0.4, -0.2) is 140 Å². The van der Waals surface area contributed by atoms with Gasteiger partial charge in [0.2, 0.25) is 0 Å². The molecule has 0 radical (unpaired) electrons. The number of carbonyl (C=O) groups excluding carboxylic acids is 2. The van der Waals surface area contributed by atoms with Crippen molar-refractivity contribution in [1.82, 2.24) is 5.32 Å². The van der Waals surface area contributed by atoms with Crippen LogP contribution in [0.3, 0.4) is 0 Å². The molecule has 71 heavy (non-hydrogen) atoms. The number of aryl methyl sites for hydroxylation is 1. The smallest absolute Gasteiger partial charge is 0.336 e. The number of carbonyl (C=O) groups is 3. The monoisotopic (exact) mass is 986 g/mol. The van der Waals surface area contributed by atoms with Crippen LogP contribution >= 0.6 is 0 Å². The van der Waals surface area contributed by atoms with Gasteiger partial charge in [0.15, 0.2) is 40.2 Å². The third kappa shape index (κ3) is 12.0. The van der Waals surface area contributed by atoms with Crippen molar-refractivity contribution in [3.8, 4) is 23.0 Å². The summed E-state index contributed by atoms with van der Waals surface area (Å²) in [6.45, 7) is -1.48. The molecule has 0 aromatic heterocycles. The van der Waals surface area contributed by atoms with E-state index in [9.17, 15) is 50.4 Å². The molecular formula is C54H70N2O15. The molecule has 2 bridgehead atoms. The van der Waals surface area contributed by atoms with Crippen LogP contribution in [0.1, 0.15) is 86.5 Å². The number of aliphatic carboxylic acids is 1. The predicted molar refractivity (Wildman–Crippen MR) is 261 cm³/mol. The van der Waals surface area contributed by atoms with Gasteiger partial charge >= 0.3 is 5.97 Å². The number of aliphatic hydroxyl groups excluding tert-OH is 4. The molecule has 2 heterocycles. The number of benzene rings is 3. The Labute approximate surface area is 413 Å². The molecule has 11 N–H and O–H groups in total. The van der Waals surface area contributed by atoms with E-state index < -0.39 is 96.1 Å². The fraction of sp³-hybridized carbons (Fsp3) is 0.537. The van der Waals surface area contributed by atoms with Gasteiger partial charge < -0.3 is 70.9 Å². The standard InChI is InChI=1S/C54H70N2O15/c55-19-21-68-47-17-14-36(23-45(47)63)13-16-42(60)32-70-53(51(66)67)28-46(64)50-54(33-56-41-10-4-8-35(22-41)9-5-20-57)48(53)26-40(30-59)52(71-54,27-37(31-69-50)12-11-34-6-2-1-3-7-34)49(65)18-15-38-24-43(61)44(62)25-39(38)29-58/h1-3,6-7,13-18,23-25,35,37,40-41,46,48,50,56-59,61-64H,4-5,8-12,19-22,26-33,55H2,(H,66,67). The summed E-state index contributed by atoms with van der Waals surface area (Å²) >= 11 is 0. The first-order valence-corrected chi connectivity index (χ1v) is 24.8. The molecule has 4 fully saturated rings. The summed E-state index contributed by atoms with van der Waals surface area (Å²) in [5, 5.41) is 89.9. The van der Waals surface area contributed by atoms with Gasteiger partial charge in [0.05, 0.1) is 19.3 Å². The van der Waals surface area contributed by atoms with E-state index in [1.807, 2.05) is 30.3 Å². The van der Waals surface area contributed by atoms with Gasteiger partial charge in [-0.25, -0.2) is 4.79 Å². The number of phenolic OH excluding ortho intramolecular Hbond substituents is 3. The van der Waals surface area contributed by atoms with Crippen LogP contribution in [0.2, 0.25) is 0 Å². The van der Waals surface area contributed by atoms with E-state index in [0.717, 1.165) is 37.7 Å². The Morgan fingerprint density at radius 2 is 1.68 bits per heavy atom. The number of aromatic hydroxyl groups is 3. The third-order valence-electron chi connectivity index (χ3n) is 15.2. The summed E-state index contributed by atoms with van der Waals surface area (Å²) < 4.78 is 26.0. The highest BCUT2D eigenvalue weighted by molar-refractivity contribution is 6.01. The number of carboxylic acids is 1. The molecule has 4 aliphatic rings. The molecule has 3 aromatic carbocycles. The quantitative estimate of drug-likeness (QED) is 0.0471. The highest BCUT2D eigenvalue weighted by Crippen LogP contribution is 2.58. The number of carboxylic acid groups (broad SMARTS) is 1. The van der Waals surface area contributed by atoms with Crippen molar-refractivity contribution < 1.29 is 74.2 Å². The van der Waals surface area contributed by atoms with Crippen molar-refractivity contribution in [3.05, 3.63) is 95.1 Å². The lowest BCUT2D eigenvalue weighted by atomic mass is 9.55. The van der Waals surface area contributed by atoms with Crippen molar-refractivity contribution in [1.29, 1.82) is 0 Å². The normalized spacial score (nSPS) is 29.7. The zero-order chi connectivity index (χ0) is 50.8. The molecule has 2 aliphatic carbocycles. The van der Waals surface area contributed by atoms with Crippen LogP contribution in [0.25, 0.3) is 12.2 Å². The molecule has 386 valence electrons. The number of nitrogens with two attached hydrogens (primary N) is 1. The van der Waals surface area contributed by atoms with Gasteiger partial charge in [0.25, 0.3) is 0 Å². The van der Waals surface area contributed by atoms with Gasteiger partial charge in [0.1, 0.15) is 30.5 Å². The summed E-state index contributed by atoms with van der Waals surface area (Å²) in [5.41, 5.74) is 1.44. The second kappa shape index (κ2) is 24.0. The fourth-order valence-corrected chi connectivity index (χ4v) is 11.6. The predicted octanol–water partition coefficient (Wildman–Crippen LogP) is 4.18. The Morgan fingerprint density at radius 1 is 0.887 bits per heavy atom. The van der Waals surface area contributed by atoms with Gasteiger partial charge in [-0.15, -0.1) is 0 Å². The van der Waals surface area contributed by atoms with Gasteiger partial charge in [-0.3, -0.25) is 9.59 Å². The Balaban J connectivity index is 1.30. The number of fused-ring (bicyclic) bond motifs is 1. The lowest BCUT2D eigenvalue weighted by molar-refractivity contribution is -0.345. The van der Waals surface area contributed by atoms with Crippen molar-refractivity contribution >= 4 is 29.7 Å². The first kappa shape index (κ1) is 53.6. The minimum absolute atomic E-state index is 0.0196. The lowest BCUT2D eigenvalue weighted by Crippen LogP contribution is -2.80. The molecule has 3 aromatic rings. The van der Waals surface area contributed by atoms with E-state index in [-0.39, 0.29) is 80.3 Å². The van der Waals surface area contributed by atoms with Gasteiger partial charge in [-0.2, -0.15) is 0 Å². The largest absolute Gasteiger partial charge is 0.504 e. The molecule has 7 rings (SSSR count). The van der Waals surface area contributed by atoms with E-state index >= 15 is 4.79 Å². The van der Waals surface area contributed by atoms with Gasteiger partial charge in [-0.1, -0.05) is 61.4 Å². The number of phenols is 3. The molecule has 10 atom stereocenters. The lowest BCUT2D eigenvalue weighted by Gasteiger charge is -2.65. The highest BCUT2D eigenvalue weighted by atomic mass is 16.6. The molecule has 2 aliphatic heterocycles. The van der Waals surface area contributed by atoms with Crippen LogP contribution in [0.4, 0.5) is 0 Å². The maximum absolute atomic E-state index is 15.4. The zero-order valence-corrected chi connectivity index (χ0v) is 40.1. The molecule has 2 saturated heterocycles. The Kier molecular flexibility index (Phi) is 18.1. The van der Waals surface area contributed by atoms with Gasteiger partial charge in [0, 0.05) is 50.6 Å². The minimum atomic E-state index is -2.31. The van der Waals surface area contributed by atoms with Crippen LogP contribution in [0, 0.1) is 23.7 Å². The van der Waals surface area contributed by atoms with E-state index in [4.69, 9.17) is 24.7 Å². The second-order valence-electron chi connectivity index (χ2n) is 19.8. The second-order valence-corrected chi connectivity index (χ2v) is 19.8. The fourth-order valence-electron chi connectivity index (χ4n) is 11.6. The van der Waals surface area contributed by atoms with Gasteiger partial charge in [-0.05, 0) is 122 Å². The molecule has 0 spiro atoms. The first-order valence-electron chi connectivity index (χ1n) is 24.8. The number of aliphatic hydroxyl groups is 4. The van der Waals surface area contributed by atoms with Crippen molar-refractivity contribution in [2.75, 3.05) is 46.1 Å². The number of hydrogen-bond donors (Lipinski definition) is 10. The average Bonchev–Trinajstić information content (AvgIpc) is 3.36. The number of ketones is 2. The number of hydrogen-bond acceptors (Lipinski definition) is 16. The van der Waals surface area contributed by atoms with Crippen LogP contribution in [0.15, 0.2) is 72.8 Å². The number of rotatable bonds is 23. The van der Waals surface area contributed by atoms with Crippen LogP contribution in [-0.2, 0) is 41.6 Å². The maximum atomic E-state index is 15.4. The van der Waals surface area contributed by atoms with E-state index in [0.29, 0.717) is 30.7 Å². The SMILES string of the molecule is NCCOc1ccc(C=CC(=O)COC2(C(=O)O)CC(O)C3OCC(CCc4ccccc4)CC4(C(=O)C=Cc5cc(O)c(O)cc5CO)OC3(CNC3CCCC(CCCO)C3)C2CC4CO)cc1O. The minimum Gasteiger partial charge on any atom is -0.504 e. The first-order chi connectivity index (χ1) is 34.2. The topological polar surface area (TPSA) is 288 Å². The summed E-state index contributed by atoms with van der Waals surface area (Å²) in [5.74, 6) is -5.97. The van der Waals surface area contributed by atoms with E-state index in [1.165, 1.54) is 48.6 Å². The summed E-state index contributed by atoms with van der Waals surface area (Å²) in [6.07, 6.45) is 7.77. The Bertz CT molecular complexity index is 2360. The van der Waals surface area contributed by atoms with E-state index in [2.05, 4.69) is 5.32 Å². The molecule has 0 amide bonds. The molecule has 17 heteroatoms.